The topological polar surface area (TPSA) is 35.6 Å². The van der Waals surface area contributed by atoms with E-state index in [1.54, 1.807) is 0 Å². The quantitative estimate of drug-likeness (QED) is 0.810. The number of rotatable bonds is 6. The third kappa shape index (κ3) is 5.54. The number of likely N-dealkylation sites (tertiary alicyclic amines) is 1. The number of carbonyl (C=O) groups excluding carboxylic acids is 1. The summed E-state index contributed by atoms with van der Waals surface area (Å²) in [6.07, 6.45) is 1.18. The number of hydrogen-bond donors (Lipinski definition) is 1. The van der Waals surface area contributed by atoms with Gasteiger partial charge in [-0.25, -0.2) is 0 Å². The monoisotopic (exact) mass is 389 g/mol. The van der Waals surface area contributed by atoms with Gasteiger partial charge in [-0.15, -0.1) is 12.4 Å². The first kappa shape index (κ1) is 19.4. The lowest BCUT2D eigenvalue weighted by Gasteiger charge is -2.22. The zero-order valence-electron chi connectivity index (χ0n) is 13.2. The van der Waals surface area contributed by atoms with Crippen molar-refractivity contribution in [3.63, 3.8) is 0 Å². The van der Waals surface area contributed by atoms with Crippen molar-refractivity contribution in [2.45, 2.75) is 13.0 Å². The second kappa shape index (κ2) is 9.50. The summed E-state index contributed by atoms with van der Waals surface area (Å²) in [5, 5.41) is 3.22. The van der Waals surface area contributed by atoms with E-state index < -0.39 is 0 Å². The van der Waals surface area contributed by atoms with Crippen LogP contribution in [0.3, 0.4) is 0 Å². The molecule has 0 aliphatic carbocycles. The third-order valence-electron chi connectivity index (χ3n) is 4.01. The summed E-state index contributed by atoms with van der Waals surface area (Å²) in [5.41, 5.74) is 1.14. The molecule has 1 atom stereocenters. The molecule has 124 valence electrons. The Hall–Kier alpha value is -0.620. The van der Waals surface area contributed by atoms with Crippen LogP contribution in [0.25, 0.3) is 0 Å². The summed E-state index contributed by atoms with van der Waals surface area (Å²) in [7, 11) is 3.86. The first-order valence-electron chi connectivity index (χ1n) is 7.44. The minimum atomic E-state index is 0. The van der Waals surface area contributed by atoms with Crippen LogP contribution >= 0.6 is 28.3 Å². The summed E-state index contributed by atoms with van der Waals surface area (Å²) in [6.45, 7) is 4.27. The van der Waals surface area contributed by atoms with Crippen molar-refractivity contribution in [1.82, 2.24) is 15.1 Å². The summed E-state index contributed by atoms with van der Waals surface area (Å²) in [6, 6.07) is 8.05. The second-order valence-corrected chi connectivity index (χ2v) is 6.64. The lowest BCUT2D eigenvalue weighted by molar-refractivity contribution is -0.131. The first-order valence-corrected chi connectivity index (χ1v) is 8.23. The number of likely N-dealkylation sites (N-methyl/N-ethyl adjacent to an activating group) is 1. The fourth-order valence-electron chi connectivity index (χ4n) is 2.79. The van der Waals surface area contributed by atoms with E-state index in [1.165, 1.54) is 6.42 Å². The van der Waals surface area contributed by atoms with Gasteiger partial charge < -0.3 is 10.2 Å². The van der Waals surface area contributed by atoms with Gasteiger partial charge in [0, 0.05) is 24.6 Å². The van der Waals surface area contributed by atoms with Crippen LogP contribution in [0.4, 0.5) is 0 Å². The molecular weight excluding hydrogens is 366 g/mol. The van der Waals surface area contributed by atoms with Crippen LogP contribution in [0.2, 0.25) is 0 Å². The van der Waals surface area contributed by atoms with Gasteiger partial charge in [-0.1, -0.05) is 34.1 Å². The Balaban J connectivity index is 0.00000242. The van der Waals surface area contributed by atoms with E-state index in [1.807, 2.05) is 43.3 Å². The van der Waals surface area contributed by atoms with Crippen molar-refractivity contribution in [1.29, 1.82) is 0 Å². The smallest absolute Gasteiger partial charge is 0.236 e. The van der Waals surface area contributed by atoms with Gasteiger partial charge in [0.1, 0.15) is 0 Å². The Morgan fingerprint density at radius 2 is 2.18 bits per heavy atom. The number of nitrogens with one attached hydrogen (secondary N) is 1. The molecule has 1 aliphatic rings. The summed E-state index contributed by atoms with van der Waals surface area (Å²) >= 11 is 3.53. The summed E-state index contributed by atoms with van der Waals surface area (Å²) < 4.78 is 1.06. The Labute approximate surface area is 147 Å². The van der Waals surface area contributed by atoms with Gasteiger partial charge >= 0.3 is 0 Å². The molecule has 0 aromatic heterocycles. The molecule has 0 saturated carbocycles. The van der Waals surface area contributed by atoms with E-state index in [0.29, 0.717) is 19.0 Å². The molecule has 1 unspecified atom stereocenters. The average molecular weight is 391 g/mol. The lowest BCUT2D eigenvalue weighted by atomic mass is 10.1. The molecule has 1 aliphatic heterocycles. The number of nitrogens with zero attached hydrogens (tertiary/aromatic N) is 2. The van der Waals surface area contributed by atoms with Crippen LogP contribution in [0.1, 0.15) is 12.0 Å². The van der Waals surface area contributed by atoms with Crippen LogP contribution in [-0.4, -0.2) is 56.0 Å². The van der Waals surface area contributed by atoms with Crippen LogP contribution in [0, 0.1) is 5.92 Å². The molecule has 6 heteroatoms. The fourth-order valence-corrected chi connectivity index (χ4v) is 3.20. The SMILES string of the molecule is CNCC1CCN(CC(=O)N(C)Cc2ccccc2Br)C1.Cl. The van der Waals surface area contributed by atoms with Gasteiger partial charge in [-0.2, -0.15) is 0 Å². The van der Waals surface area contributed by atoms with Gasteiger partial charge in [0.2, 0.25) is 5.91 Å². The minimum Gasteiger partial charge on any atom is -0.340 e. The van der Waals surface area contributed by atoms with Gasteiger partial charge in [0.05, 0.1) is 6.54 Å². The van der Waals surface area contributed by atoms with E-state index in [9.17, 15) is 4.79 Å². The normalized spacial score (nSPS) is 18.0. The molecule has 1 fully saturated rings. The third-order valence-corrected chi connectivity index (χ3v) is 4.79. The largest absolute Gasteiger partial charge is 0.340 e. The van der Waals surface area contributed by atoms with E-state index >= 15 is 0 Å². The summed E-state index contributed by atoms with van der Waals surface area (Å²) in [4.78, 5) is 16.4. The lowest BCUT2D eigenvalue weighted by Crippen LogP contribution is -2.37. The molecule has 4 nitrogen and oxygen atoms in total. The first-order chi connectivity index (χ1) is 10.1. The predicted molar refractivity (Wildman–Crippen MR) is 96.3 cm³/mol. The standard InChI is InChI=1S/C16H24BrN3O.ClH/c1-18-9-13-7-8-20(10-13)12-16(21)19(2)11-14-5-3-4-6-15(14)17;/h3-6,13,18H,7-12H2,1-2H3;1H. The Morgan fingerprint density at radius 3 is 2.86 bits per heavy atom. The maximum atomic E-state index is 12.3. The van der Waals surface area contributed by atoms with Crippen molar-refractivity contribution in [3.8, 4) is 0 Å². The average Bonchev–Trinajstić information content (AvgIpc) is 2.89. The van der Waals surface area contributed by atoms with Gasteiger partial charge in [0.15, 0.2) is 0 Å². The van der Waals surface area contributed by atoms with E-state index in [-0.39, 0.29) is 18.3 Å². The number of hydrogen-bond acceptors (Lipinski definition) is 3. The Morgan fingerprint density at radius 1 is 1.45 bits per heavy atom. The minimum absolute atomic E-state index is 0. The Bertz CT molecular complexity index is 486. The highest BCUT2D eigenvalue weighted by Crippen LogP contribution is 2.18. The zero-order chi connectivity index (χ0) is 15.2. The maximum absolute atomic E-state index is 12.3. The van der Waals surface area contributed by atoms with Gasteiger partial charge in [-0.05, 0) is 44.1 Å². The molecule has 0 bridgehead atoms. The Kier molecular flexibility index (Phi) is 8.39. The van der Waals surface area contributed by atoms with Crippen molar-refractivity contribution in [2.24, 2.45) is 5.92 Å². The van der Waals surface area contributed by atoms with Crippen LogP contribution in [0.5, 0.6) is 0 Å². The molecule has 1 saturated heterocycles. The fraction of sp³-hybridized carbons (Fsp3) is 0.562. The number of halogens is 2. The van der Waals surface area contributed by atoms with Crippen LogP contribution < -0.4 is 5.32 Å². The highest BCUT2D eigenvalue weighted by Gasteiger charge is 2.24. The molecular formula is C16H25BrClN3O. The molecule has 1 N–H and O–H groups in total. The number of carbonyl (C=O) groups is 1. The van der Waals surface area contributed by atoms with Crippen LogP contribution in [-0.2, 0) is 11.3 Å². The van der Waals surface area contributed by atoms with Crippen molar-refractivity contribution in [3.05, 3.63) is 34.3 Å². The molecule has 22 heavy (non-hydrogen) atoms. The summed E-state index contributed by atoms with van der Waals surface area (Å²) in [5.74, 6) is 0.868. The molecule has 0 spiro atoms. The predicted octanol–water partition coefficient (Wildman–Crippen LogP) is 2.37. The van der Waals surface area contributed by atoms with E-state index in [0.717, 1.165) is 29.7 Å². The molecule has 0 radical (unpaired) electrons. The molecule has 1 aromatic rings. The maximum Gasteiger partial charge on any atom is 0.236 e. The molecule has 1 heterocycles. The molecule has 1 aromatic carbocycles. The van der Waals surface area contributed by atoms with Gasteiger partial charge in [-0.3, -0.25) is 9.69 Å². The molecule has 1 amide bonds. The zero-order valence-corrected chi connectivity index (χ0v) is 15.6. The van der Waals surface area contributed by atoms with E-state index in [2.05, 4.69) is 26.1 Å². The highest BCUT2D eigenvalue weighted by atomic mass is 79.9. The van der Waals surface area contributed by atoms with Crippen molar-refractivity contribution < 1.29 is 4.79 Å². The second-order valence-electron chi connectivity index (χ2n) is 5.79. The van der Waals surface area contributed by atoms with Crippen molar-refractivity contribution >= 4 is 34.2 Å². The van der Waals surface area contributed by atoms with Gasteiger partial charge in [0.25, 0.3) is 0 Å². The van der Waals surface area contributed by atoms with Crippen molar-refractivity contribution in [2.75, 3.05) is 40.3 Å². The molecule has 2 rings (SSSR count). The number of benzene rings is 1. The highest BCUT2D eigenvalue weighted by molar-refractivity contribution is 9.10. The number of amides is 1. The van der Waals surface area contributed by atoms with Crippen LogP contribution in [0.15, 0.2) is 28.7 Å². The van der Waals surface area contributed by atoms with E-state index in [4.69, 9.17) is 0 Å².